The summed E-state index contributed by atoms with van der Waals surface area (Å²) >= 11 is 8.74. The fourth-order valence-electron chi connectivity index (χ4n) is 2.15. The van der Waals surface area contributed by atoms with Crippen molar-refractivity contribution >= 4 is 49.9 Å². The number of aromatic nitrogens is 2. The molecule has 0 radical (unpaired) electrons. The van der Waals surface area contributed by atoms with Gasteiger partial charge in [-0.15, -0.1) is 11.3 Å². The standard InChI is InChI=1S/C12H13N3S3/c1-15(2)12(16)18-11-9-7-4-3-5-8(7)17-10(9)13-6-14-11/h6H,3-5H2,1-2H3. The van der Waals surface area contributed by atoms with Gasteiger partial charge in [-0.2, -0.15) is 0 Å². The fourth-order valence-corrected chi connectivity index (χ4v) is 4.45. The van der Waals surface area contributed by atoms with Gasteiger partial charge >= 0.3 is 0 Å². The average Bonchev–Trinajstić information content (AvgIpc) is 2.88. The van der Waals surface area contributed by atoms with E-state index in [0.717, 1.165) is 20.6 Å². The van der Waals surface area contributed by atoms with E-state index in [1.807, 2.05) is 30.3 Å². The molecule has 0 aliphatic heterocycles. The van der Waals surface area contributed by atoms with E-state index in [1.54, 1.807) is 18.1 Å². The number of thiocarbonyl (C=S) groups is 1. The molecule has 6 heteroatoms. The first-order valence-corrected chi connectivity index (χ1v) is 7.85. The molecule has 2 aromatic heterocycles. The van der Waals surface area contributed by atoms with Crippen LogP contribution >= 0.6 is 35.3 Å². The van der Waals surface area contributed by atoms with Crippen molar-refractivity contribution < 1.29 is 0 Å². The van der Waals surface area contributed by atoms with Gasteiger partial charge in [-0.1, -0.05) is 12.2 Å². The number of aryl methyl sites for hydroxylation is 2. The first-order valence-electron chi connectivity index (χ1n) is 5.81. The molecule has 0 saturated heterocycles. The molecule has 3 nitrogen and oxygen atoms in total. The lowest BCUT2D eigenvalue weighted by Crippen LogP contribution is -2.16. The molecule has 1 aliphatic rings. The maximum atomic E-state index is 5.36. The molecule has 0 atom stereocenters. The van der Waals surface area contributed by atoms with Crippen LogP contribution in [-0.4, -0.2) is 33.3 Å². The van der Waals surface area contributed by atoms with Crippen molar-refractivity contribution in [2.45, 2.75) is 24.3 Å². The summed E-state index contributed by atoms with van der Waals surface area (Å²) in [5, 5.41) is 2.25. The Bertz CT molecular complexity index is 618. The molecular formula is C12H13N3S3. The van der Waals surface area contributed by atoms with Crippen molar-refractivity contribution in [1.29, 1.82) is 0 Å². The summed E-state index contributed by atoms with van der Waals surface area (Å²) in [5.74, 6) is 0. The van der Waals surface area contributed by atoms with Gasteiger partial charge < -0.3 is 4.90 Å². The molecule has 0 amide bonds. The highest BCUT2D eigenvalue weighted by molar-refractivity contribution is 8.23. The predicted molar refractivity (Wildman–Crippen MR) is 81.6 cm³/mol. The van der Waals surface area contributed by atoms with Gasteiger partial charge in [0.1, 0.15) is 20.5 Å². The number of thiophene rings is 1. The third kappa shape index (κ3) is 2.02. The lowest BCUT2D eigenvalue weighted by atomic mass is 10.2. The number of fused-ring (bicyclic) bond motifs is 3. The minimum Gasteiger partial charge on any atom is -0.363 e. The maximum Gasteiger partial charge on any atom is 0.142 e. The van der Waals surface area contributed by atoms with E-state index in [2.05, 4.69) is 9.97 Å². The van der Waals surface area contributed by atoms with Crippen molar-refractivity contribution in [3.8, 4) is 0 Å². The van der Waals surface area contributed by atoms with Gasteiger partial charge in [0, 0.05) is 24.4 Å². The lowest BCUT2D eigenvalue weighted by Gasteiger charge is -2.12. The van der Waals surface area contributed by atoms with Crippen molar-refractivity contribution in [3.63, 3.8) is 0 Å². The number of nitrogens with zero attached hydrogens (tertiary/aromatic N) is 3. The largest absolute Gasteiger partial charge is 0.363 e. The van der Waals surface area contributed by atoms with Crippen LogP contribution in [0.4, 0.5) is 0 Å². The van der Waals surface area contributed by atoms with E-state index >= 15 is 0 Å². The molecule has 0 N–H and O–H groups in total. The van der Waals surface area contributed by atoms with Crippen LogP contribution in [0.15, 0.2) is 11.4 Å². The van der Waals surface area contributed by atoms with Crippen molar-refractivity contribution in [2.75, 3.05) is 14.1 Å². The third-order valence-corrected chi connectivity index (χ3v) is 5.87. The van der Waals surface area contributed by atoms with Crippen LogP contribution in [0.5, 0.6) is 0 Å². The second-order valence-corrected chi connectivity index (χ2v) is 7.18. The van der Waals surface area contributed by atoms with Crippen molar-refractivity contribution in [3.05, 3.63) is 16.8 Å². The van der Waals surface area contributed by atoms with E-state index in [1.165, 1.54) is 28.7 Å². The molecule has 0 fully saturated rings. The van der Waals surface area contributed by atoms with Crippen LogP contribution in [0, 0.1) is 0 Å². The number of hydrogen-bond acceptors (Lipinski definition) is 5. The van der Waals surface area contributed by atoms with Crippen LogP contribution < -0.4 is 0 Å². The first kappa shape index (κ1) is 12.3. The molecule has 2 aromatic rings. The summed E-state index contributed by atoms with van der Waals surface area (Å²) in [7, 11) is 3.93. The monoisotopic (exact) mass is 295 g/mol. The van der Waals surface area contributed by atoms with Gasteiger partial charge in [0.2, 0.25) is 0 Å². The Labute approximate surface area is 120 Å². The summed E-state index contributed by atoms with van der Waals surface area (Å²) in [6.07, 6.45) is 5.26. The van der Waals surface area contributed by atoms with Crippen molar-refractivity contribution in [1.82, 2.24) is 14.9 Å². The van der Waals surface area contributed by atoms with Crippen LogP contribution in [0.2, 0.25) is 0 Å². The minimum atomic E-state index is 0.841. The number of hydrogen-bond donors (Lipinski definition) is 0. The van der Waals surface area contributed by atoms with E-state index in [9.17, 15) is 0 Å². The Morgan fingerprint density at radius 2 is 2.22 bits per heavy atom. The molecule has 94 valence electrons. The van der Waals surface area contributed by atoms with Gasteiger partial charge in [-0.3, -0.25) is 0 Å². The quantitative estimate of drug-likeness (QED) is 0.458. The van der Waals surface area contributed by atoms with Crippen LogP contribution in [0.1, 0.15) is 16.9 Å². The Balaban J connectivity index is 2.09. The van der Waals surface area contributed by atoms with Crippen molar-refractivity contribution in [2.24, 2.45) is 0 Å². The van der Waals surface area contributed by atoms with Crippen LogP contribution in [0.25, 0.3) is 10.2 Å². The molecule has 18 heavy (non-hydrogen) atoms. The van der Waals surface area contributed by atoms with Gasteiger partial charge in [-0.25, -0.2) is 9.97 Å². The normalized spacial score (nSPS) is 13.9. The third-order valence-electron chi connectivity index (χ3n) is 3.02. The molecule has 3 rings (SSSR count). The van der Waals surface area contributed by atoms with Gasteiger partial charge in [0.15, 0.2) is 0 Å². The van der Waals surface area contributed by atoms with E-state index in [4.69, 9.17) is 12.2 Å². The zero-order valence-electron chi connectivity index (χ0n) is 10.3. The Morgan fingerprint density at radius 1 is 1.39 bits per heavy atom. The van der Waals surface area contributed by atoms with E-state index in [-0.39, 0.29) is 0 Å². The Kier molecular flexibility index (Phi) is 3.25. The first-order chi connectivity index (χ1) is 8.66. The van der Waals surface area contributed by atoms with Gasteiger partial charge in [0.05, 0.1) is 0 Å². The van der Waals surface area contributed by atoms with Crippen LogP contribution in [-0.2, 0) is 12.8 Å². The van der Waals surface area contributed by atoms with Gasteiger partial charge in [-0.05, 0) is 36.6 Å². The smallest absolute Gasteiger partial charge is 0.142 e. The Hall–Kier alpha value is -0.720. The topological polar surface area (TPSA) is 29.0 Å². The predicted octanol–water partition coefficient (Wildman–Crippen LogP) is 3.12. The maximum absolute atomic E-state index is 5.36. The van der Waals surface area contributed by atoms with E-state index in [0.29, 0.717) is 0 Å². The molecule has 0 bridgehead atoms. The molecule has 2 heterocycles. The summed E-state index contributed by atoms with van der Waals surface area (Å²) in [4.78, 5) is 13.4. The molecule has 0 unspecified atom stereocenters. The molecule has 1 aliphatic carbocycles. The second kappa shape index (κ2) is 4.75. The molecular weight excluding hydrogens is 282 g/mol. The fraction of sp³-hybridized carbons (Fsp3) is 0.417. The molecule has 0 saturated carbocycles. The van der Waals surface area contributed by atoms with E-state index < -0.39 is 0 Å². The zero-order valence-corrected chi connectivity index (χ0v) is 12.7. The second-order valence-electron chi connectivity index (χ2n) is 4.48. The number of rotatable bonds is 1. The van der Waals surface area contributed by atoms with Gasteiger partial charge in [0.25, 0.3) is 0 Å². The van der Waals surface area contributed by atoms with Crippen LogP contribution in [0.3, 0.4) is 0 Å². The summed E-state index contributed by atoms with van der Waals surface area (Å²) in [5.41, 5.74) is 1.46. The molecule has 0 aromatic carbocycles. The average molecular weight is 295 g/mol. The Morgan fingerprint density at radius 3 is 3.00 bits per heavy atom. The summed E-state index contributed by atoms with van der Waals surface area (Å²) in [6.45, 7) is 0. The highest BCUT2D eigenvalue weighted by Crippen LogP contribution is 2.40. The minimum absolute atomic E-state index is 0.841. The highest BCUT2D eigenvalue weighted by atomic mass is 32.2. The molecule has 0 spiro atoms. The zero-order chi connectivity index (χ0) is 12.7. The summed E-state index contributed by atoms with van der Waals surface area (Å²) < 4.78 is 0.841. The lowest BCUT2D eigenvalue weighted by molar-refractivity contribution is 0.648. The SMILES string of the molecule is CN(C)C(=S)Sc1ncnc2sc3c(c12)CCC3. The highest BCUT2D eigenvalue weighted by Gasteiger charge is 2.21. The number of thioether (sulfide) groups is 1. The summed E-state index contributed by atoms with van der Waals surface area (Å²) in [6, 6.07) is 0.